The van der Waals surface area contributed by atoms with Crippen LogP contribution >= 0.6 is 31.9 Å². The normalized spacial score (nSPS) is 10.5. The first-order valence-corrected chi connectivity index (χ1v) is 7.08. The Balaban J connectivity index is 2.15. The Morgan fingerprint density at radius 3 is 2.76 bits per heavy atom. The van der Waals surface area contributed by atoms with Crippen LogP contribution in [0.2, 0.25) is 0 Å². The van der Waals surface area contributed by atoms with E-state index in [-0.39, 0.29) is 0 Å². The van der Waals surface area contributed by atoms with Gasteiger partial charge in [0, 0.05) is 34.9 Å². The maximum atomic E-state index is 5.38. The van der Waals surface area contributed by atoms with E-state index in [0.717, 1.165) is 34.2 Å². The number of hydrogen-bond acceptors (Lipinski definition) is 3. The minimum absolute atomic E-state index is 0.657. The molecule has 0 spiro atoms. The summed E-state index contributed by atoms with van der Waals surface area (Å²) in [6.07, 6.45) is 0.975. The molecular weight excluding hydrogens is 350 g/mol. The molecule has 0 bridgehead atoms. The van der Waals surface area contributed by atoms with Crippen LogP contribution in [0.5, 0.6) is 0 Å². The highest BCUT2D eigenvalue weighted by atomic mass is 79.9. The fourth-order valence-corrected chi connectivity index (χ4v) is 2.02. The Hall–Kier alpha value is -0.100. The Kier molecular flexibility index (Phi) is 7.84. The summed E-state index contributed by atoms with van der Waals surface area (Å²) in [5.41, 5.74) is 1.09. The van der Waals surface area contributed by atoms with Crippen molar-refractivity contribution >= 4 is 37.5 Å². The van der Waals surface area contributed by atoms with Crippen LogP contribution < -0.4 is 5.32 Å². The lowest BCUT2D eigenvalue weighted by Gasteiger charge is -2.09. The molecule has 1 aromatic rings. The number of methoxy groups -OCH3 is 1. The summed E-state index contributed by atoms with van der Waals surface area (Å²) >= 11 is 6.95. The van der Waals surface area contributed by atoms with E-state index in [4.69, 9.17) is 9.47 Å². The molecule has 0 aliphatic rings. The molecule has 5 heteroatoms. The van der Waals surface area contributed by atoms with Crippen LogP contribution in [0.15, 0.2) is 27.1 Å². The van der Waals surface area contributed by atoms with Crippen molar-refractivity contribution in [3.05, 3.63) is 27.1 Å². The van der Waals surface area contributed by atoms with Crippen LogP contribution in [0.1, 0.15) is 6.42 Å². The van der Waals surface area contributed by atoms with Crippen LogP contribution in [-0.2, 0) is 9.47 Å². The molecule has 0 aliphatic heterocycles. The summed E-state index contributed by atoms with van der Waals surface area (Å²) in [5, 5.41) is 3.36. The lowest BCUT2D eigenvalue weighted by Crippen LogP contribution is -2.08. The molecule has 96 valence electrons. The quantitative estimate of drug-likeness (QED) is 0.712. The first-order valence-electron chi connectivity index (χ1n) is 5.49. The van der Waals surface area contributed by atoms with Crippen LogP contribution in [0.25, 0.3) is 0 Å². The van der Waals surface area contributed by atoms with Crippen molar-refractivity contribution in [2.45, 2.75) is 6.42 Å². The highest BCUT2D eigenvalue weighted by Crippen LogP contribution is 2.25. The van der Waals surface area contributed by atoms with Gasteiger partial charge in [0.2, 0.25) is 0 Å². The Morgan fingerprint density at radius 1 is 1.18 bits per heavy atom. The molecule has 0 saturated carbocycles. The summed E-state index contributed by atoms with van der Waals surface area (Å²) < 4.78 is 12.4. The molecule has 0 unspecified atom stereocenters. The predicted octanol–water partition coefficient (Wildman–Crippen LogP) is 3.68. The van der Waals surface area contributed by atoms with E-state index in [2.05, 4.69) is 43.2 Å². The van der Waals surface area contributed by atoms with Gasteiger partial charge in [0.1, 0.15) is 0 Å². The largest absolute Gasteiger partial charge is 0.384 e. The smallest absolute Gasteiger partial charge is 0.0700 e. The van der Waals surface area contributed by atoms with E-state index >= 15 is 0 Å². The fourth-order valence-electron chi connectivity index (χ4n) is 1.27. The topological polar surface area (TPSA) is 30.5 Å². The zero-order valence-electron chi connectivity index (χ0n) is 9.84. The van der Waals surface area contributed by atoms with Crippen molar-refractivity contribution in [1.29, 1.82) is 0 Å². The van der Waals surface area contributed by atoms with E-state index in [1.165, 1.54) is 0 Å². The minimum Gasteiger partial charge on any atom is -0.384 e. The number of anilines is 1. The Morgan fingerprint density at radius 2 is 2.00 bits per heavy atom. The molecule has 17 heavy (non-hydrogen) atoms. The molecule has 1 aromatic carbocycles. The van der Waals surface area contributed by atoms with Crippen LogP contribution in [0.3, 0.4) is 0 Å². The van der Waals surface area contributed by atoms with Crippen LogP contribution in [0.4, 0.5) is 5.69 Å². The zero-order chi connectivity index (χ0) is 12.5. The number of hydrogen-bond donors (Lipinski definition) is 1. The second kappa shape index (κ2) is 8.91. The third kappa shape index (κ3) is 6.41. The van der Waals surface area contributed by atoms with E-state index in [1.807, 2.05) is 12.1 Å². The molecule has 0 heterocycles. The second-order valence-electron chi connectivity index (χ2n) is 3.51. The molecule has 0 atom stereocenters. The Bertz CT molecular complexity index is 334. The number of benzene rings is 1. The second-order valence-corrected chi connectivity index (χ2v) is 5.28. The van der Waals surface area contributed by atoms with Crippen molar-refractivity contribution < 1.29 is 9.47 Å². The highest BCUT2D eigenvalue weighted by molar-refractivity contribution is 9.11. The standard InChI is InChI=1S/C12H17Br2NO2/c1-16-7-8-17-6-2-5-15-12-9-10(13)3-4-11(12)14/h3-4,9,15H,2,5-8H2,1H3. The van der Waals surface area contributed by atoms with Crippen molar-refractivity contribution in [1.82, 2.24) is 0 Å². The Labute approximate surface area is 119 Å². The predicted molar refractivity (Wildman–Crippen MR) is 77.6 cm³/mol. The van der Waals surface area contributed by atoms with E-state index in [0.29, 0.717) is 13.2 Å². The third-order valence-electron chi connectivity index (χ3n) is 2.14. The average molecular weight is 367 g/mol. The van der Waals surface area contributed by atoms with E-state index < -0.39 is 0 Å². The fraction of sp³-hybridized carbons (Fsp3) is 0.500. The van der Waals surface area contributed by atoms with Crippen molar-refractivity contribution in [3.8, 4) is 0 Å². The SMILES string of the molecule is COCCOCCCNc1cc(Br)ccc1Br. The molecule has 0 aliphatic carbocycles. The molecule has 0 radical (unpaired) electrons. The number of nitrogens with one attached hydrogen (secondary N) is 1. The van der Waals surface area contributed by atoms with Crippen LogP contribution in [0, 0.1) is 0 Å². The molecule has 0 amide bonds. The minimum atomic E-state index is 0.657. The highest BCUT2D eigenvalue weighted by Gasteiger charge is 1.99. The monoisotopic (exact) mass is 365 g/mol. The maximum Gasteiger partial charge on any atom is 0.0700 e. The molecular formula is C12H17Br2NO2. The summed E-state index contributed by atoms with van der Waals surface area (Å²) in [4.78, 5) is 0. The van der Waals surface area contributed by atoms with Crippen molar-refractivity contribution in [2.75, 3.05) is 38.8 Å². The van der Waals surface area contributed by atoms with Gasteiger partial charge < -0.3 is 14.8 Å². The summed E-state index contributed by atoms with van der Waals surface area (Å²) in [6.45, 7) is 2.96. The van der Waals surface area contributed by atoms with Gasteiger partial charge in [-0.25, -0.2) is 0 Å². The molecule has 0 fully saturated rings. The molecule has 1 N–H and O–H groups in total. The third-order valence-corrected chi connectivity index (χ3v) is 3.33. The van der Waals surface area contributed by atoms with Gasteiger partial charge in [0.15, 0.2) is 0 Å². The van der Waals surface area contributed by atoms with Crippen molar-refractivity contribution in [2.24, 2.45) is 0 Å². The molecule has 0 aromatic heterocycles. The lowest BCUT2D eigenvalue weighted by atomic mass is 10.3. The summed E-state index contributed by atoms with van der Waals surface area (Å²) in [6, 6.07) is 6.07. The van der Waals surface area contributed by atoms with Gasteiger partial charge >= 0.3 is 0 Å². The molecule has 3 nitrogen and oxygen atoms in total. The summed E-state index contributed by atoms with van der Waals surface area (Å²) in [7, 11) is 1.68. The van der Waals surface area contributed by atoms with Gasteiger partial charge in [-0.1, -0.05) is 15.9 Å². The first kappa shape index (κ1) is 15.0. The van der Waals surface area contributed by atoms with Gasteiger partial charge in [0.25, 0.3) is 0 Å². The van der Waals surface area contributed by atoms with E-state index in [9.17, 15) is 0 Å². The lowest BCUT2D eigenvalue weighted by molar-refractivity contribution is 0.0705. The number of halogens is 2. The maximum absolute atomic E-state index is 5.38. The van der Waals surface area contributed by atoms with Crippen molar-refractivity contribution in [3.63, 3.8) is 0 Å². The summed E-state index contributed by atoms with van der Waals surface area (Å²) in [5.74, 6) is 0. The number of ether oxygens (including phenoxy) is 2. The van der Waals surface area contributed by atoms with E-state index in [1.54, 1.807) is 7.11 Å². The van der Waals surface area contributed by atoms with Crippen LogP contribution in [-0.4, -0.2) is 33.5 Å². The van der Waals surface area contributed by atoms with Gasteiger partial charge in [-0.05, 0) is 40.5 Å². The average Bonchev–Trinajstić information content (AvgIpc) is 2.32. The first-order chi connectivity index (χ1) is 8.24. The number of rotatable bonds is 8. The van der Waals surface area contributed by atoms with Gasteiger partial charge in [-0.15, -0.1) is 0 Å². The van der Waals surface area contributed by atoms with Gasteiger partial charge in [0.05, 0.1) is 13.2 Å². The molecule has 1 rings (SSSR count). The molecule has 0 saturated heterocycles. The van der Waals surface area contributed by atoms with Gasteiger partial charge in [-0.2, -0.15) is 0 Å². The van der Waals surface area contributed by atoms with Gasteiger partial charge in [-0.3, -0.25) is 0 Å². The zero-order valence-corrected chi connectivity index (χ0v) is 13.0.